The highest BCUT2D eigenvalue weighted by molar-refractivity contribution is 5.77. The lowest BCUT2D eigenvalue weighted by molar-refractivity contribution is -0.162. The molecule has 0 aliphatic heterocycles. The molecule has 1 atom stereocenters. The SMILES string of the molecule is CCCC(CNC(=O)NC1(C(F)(F)F)CC1)C(=O)O. The van der Waals surface area contributed by atoms with E-state index >= 15 is 0 Å². The van der Waals surface area contributed by atoms with Gasteiger partial charge in [0, 0.05) is 6.54 Å². The lowest BCUT2D eigenvalue weighted by atomic mass is 10.0. The summed E-state index contributed by atoms with van der Waals surface area (Å²) < 4.78 is 37.7. The van der Waals surface area contributed by atoms with Gasteiger partial charge in [0.25, 0.3) is 0 Å². The predicted octanol–water partition coefficient (Wildman–Crippen LogP) is 1.88. The normalized spacial score (nSPS) is 18.5. The Kier molecular flexibility index (Phi) is 4.65. The third kappa shape index (κ3) is 4.00. The summed E-state index contributed by atoms with van der Waals surface area (Å²) in [6, 6.07) is -0.975. The molecule has 110 valence electrons. The van der Waals surface area contributed by atoms with Crippen LogP contribution in [0.3, 0.4) is 0 Å². The summed E-state index contributed by atoms with van der Waals surface area (Å²) in [5, 5.41) is 12.9. The first kappa shape index (κ1) is 15.6. The van der Waals surface area contributed by atoms with E-state index in [1.807, 2.05) is 5.32 Å². The number of alkyl halides is 3. The van der Waals surface area contributed by atoms with Crippen LogP contribution in [-0.4, -0.2) is 35.4 Å². The van der Waals surface area contributed by atoms with Crippen molar-refractivity contribution in [2.45, 2.75) is 44.3 Å². The summed E-state index contributed by atoms with van der Waals surface area (Å²) in [6.45, 7) is 1.61. The molecular weight excluding hydrogens is 265 g/mol. The van der Waals surface area contributed by atoms with Gasteiger partial charge in [-0.25, -0.2) is 4.79 Å². The Morgan fingerprint density at radius 1 is 1.37 bits per heavy atom. The average Bonchev–Trinajstić information content (AvgIpc) is 3.03. The van der Waals surface area contributed by atoms with E-state index in [-0.39, 0.29) is 19.4 Å². The monoisotopic (exact) mass is 282 g/mol. The Balaban J connectivity index is 2.42. The maximum atomic E-state index is 12.6. The smallest absolute Gasteiger partial charge is 0.411 e. The van der Waals surface area contributed by atoms with Gasteiger partial charge in [-0.1, -0.05) is 13.3 Å². The molecule has 1 rings (SSSR count). The molecule has 0 aromatic carbocycles. The molecule has 2 amide bonds. The van der Waals surface area contributed by atoms with E-state index in [1.54, 1.807) is 6.92 Å². The van der Waals surface area contributed by atoms with Gasteiger partial charge in [-0.05, 0) is 19.3 Å². The number of hydrogen-bond donors (Lipinski definition) is 3. The number of carboxylic acids is 1. The van der Waals surface area contributed by atoms with Gasteiger partial charge in [0.15, 0.2) is 0 Å². The molecule has 19 heavy (non-hydrogen) atoms. The summed E-state index contributed by atoms with van der Waals surface area (Å²) in [6.07, 6.45) is -3.77. The predicted molar refractivity (Wildman–Crippen MR) is 60.6 cm³/mol. The van der Waals surface area contributed by atoms with Crippen molar-refractivity contribution in [2.24, 2.45) is 5.92 Å². The van der Waals surface area contributed by atoms with Gasteiger partial charge in [-0.2, -0.15) is 13.2 Å². The molecule has 3 N–H and O–H groups in total. The Hall–Kier alpha value is -1.47. The second-order valence-corrected chi connectivity index (χ2v) is 4.74. The number of carboxylic acid groups (broad SMARTS) is 1. The van der Waals surface area contributed by atoms with Crippen LogP contribution in [0.2, 0.25) is 0 Å². The highest BCUT2D eigenvalue weighted by Crippen LogP contribution is 2.48. The van der Waals surface area contributed by atoms with Crippen LogP contribution in [0.25, 0.3) is 0 Å². The van der Waals surface area contributed by atoms with Gasteiger partial charge in [-0.3, -0.25) is 4.79 Å². The number of carbonyl (C=O) groups excluding carboxylic acids is 1. The quantitative estimate of drug-likeness (QED) is 0.696. The lowest BCUT2D eigenvalue weighted by Gasteiger charge is -2.21. The van der Waals surface area contributed by atoms with Gasteiger partial charge in [0.2, 0.25) is 0 Å². The fourth-order valence-electron chi connectivity index (χ4n) is 1.74. The van der Waals surface area contributed by atoms with Gasteiger partial charge < -0.3 is 15.7 Å². The van der Waals surface area contributed by atoms with Crippen LogP contribution in [0.15, 0.2) is 0 Å². The van der Waals surface area contributed by atoms with Gasteiger partial charge in [-0.15, -0.1) is 0 Å². The summed E-state index contributed by atoms with van der Waals surface area (Å²) >= 11 is 0. The first-order valence-electron chi connectivity index (χ1n) is 6.07. The minimum atomic E-state index is -4.47. The number of rotatable bonds is 6. The topological polar surface area (TPSA) is 78.4 Å². The molecule has 0 aromatic rings. The Morgan fingerprint density at radius 3 is 2.32 bits per heavy atom. The zero-order chi connectivity index (χ0) is 14.7. The molecule has 1 saturated carbocycles. The highest BCUT2D eigenvalue weighted by Gasteiger charge is 2.64. The van der Waals surface area contributed by atoms with Crippen LogP contribution in [0.1, 0.15) is 32.6 Å². The molecule has 1 unspecified atom stereocenters. The van der Waals surface area contributed by atoms with Gasteiger partial charge in [0.05, 0.1) is 5.92 Å². The average molecular weight is 282 g/mol. The fraction of sp³-hybridized carbons (Fsp3) is 0.818. The Morgan fingerprint density at radius 2 is 1.95 bits per heavy atom. The lowest BCUT2D eigenvalue weighted by Crippen LogP contribution is -2.52. The third-order valence-corrected chi connectivity index (χ3v) is 3.14. The maximum Gasteiger partial charge on any atom is 0.411 e. The molecule has 1 aliphatic rings. The molecule has 0 aromatic heterocycles. The fourth-order valence-corrected chi connectivity index (χ4v) is 1.74. The highest BCUT2D eigenvalue weighted by atomic mass is 19.4. The van der Waals surface area contributed by atoms with Crippen molar-refractivity contribution in [3.63, 3.8) is 0 Å². The van der Waals surface area contributed by atoms with Crippen molar-refractivity contribution in [3.05, 3.63) is 0 Å². The van der Waals surface area contributed by atoms with Crippen LogP contribution in [0.4, 0.5) is 18.0 Å². The number of carbonyl (C=O) groups is 2. The molecule has 1 fully saturated rings. The Bertz CT molecular complexity index is 354. The minimum Gasteiger partial charge on any atom is -0.481 e. The second kappa shape index (κ2) is 5.66. The summed E-state index contributed by atoms with van der Waals surface area (Å²) in [4.78, 5) is 22.2. The van der Waals surface area contributed by atoms with Gasteiger partial charge >= 0.3 is 18.2 Å². The van der Waals surface area contributed by atoms with Crippen LogP contribution in [0.5, 0.6) is 0 Å². The van der Waals surface area contributed by atoms with E-state index in [0.717, 1.165) is 0 Å². The first-order chi connectivity index (χ1) is 8.72. The van der Waals surface area contributed by atoms with E-state index in [2.05, 4.69) is 5.32 Å². The molecule has 0 bridgehead atoms. The minimum absolute atomic E-state index is 0.138. The van der Waals surface area contributed by atoms with Gasteiger partial charge in [0.1, 0.15) is 5.54 Å². The third-order valence-electron chi connectivity index (χ3n) is 3.14. The second-order valence-electron chi connectivity index (χ2n) is 4.74. The number of aliphatic carboxylic acids is 1. The van der Waals surface area contributed by atoms with Crippen LogP contribution >= 0.6 is 0 Å². The standard InChI is InChI=1S/C11H17F3N2O3/c1-2-3-7(8(17)18)6-15-9(19)16-10(4-5-10)11(12,13)14/h7H,2-6H2,1H3,(H,17,18)(H2,15,16,19). The van der Waals surface area contributed by atoms with E-state index in [0.29, 0.717) is 12.8 Å². The van der Waals surface area contributed by atoms with Crippen molar-refractivity contribution in [3.8, 4) is 0 Å². The molecular formula is C11H17F3N2O3. The summed E-state index contributed by atoms with van der Waals surface area (Å²) in [7, 11) is 0. The van der Waals surface area contributed by atoms with E-state index in [9.17, 15) is 22.8 Å². The molecule has 8 heteroatoms. The number of amides is 2. The van der Waals surface area contributed by atoms with E-state index in [4.69, 9.17) is 5.11 Å². The van der Waals surface area contributed by atoms with Crippen molar-refractivity contribution in [1.29, 1.82) is 0 Å². The molecule has 5 nitrogen and oxygen atoms in total. The molecule has 0 radical (unpaired) electrons. The van der Waals surface area contributed by atoms with E-state index in [1.165, 1.54) is 0 Å². The molecule has 0 saturated heterocycles. The first-order valence-corrected chi connectivity index (χ1v) is 6.07. The molecule has 0 heterocycles. The van der Waals surface area contributed by atoms with Crippen molar-refractivity contribution in [2.75, 3.05) is 6.54 Å². The molecule has 0 spiro atoms. The largest absolute Gasteiger partial charge is 0.481 e. The zero-order valence-corrected chi connectivity index (χ0v) is 10.5. The summed E-state index contributed by atoms with van der Waals surface area (Å²) in [5.74, 6) is -1.85. The Labute approximate surface area is 108 Å². The number of hydrogen-bond acceptors (Lipinski definition) is 2. The van der Waals surface area contributed by atoms with Crippen molar-refractivity contribution in [1.82, 2.24) is 10.6 Å². The molecule has 1 aliphatic carbocycles. The zero-order valence-electron chi connectivity index (χ0n) is 10.5. The number of urea groups is 1. The van der Waals surface area contributed by atoms with Crippen molar-refractivity contribution < 1.29 is 27.9 Å². The number of nitrogens with one attached hydrogen (secondary N) is 2. The van der Waals surface area contributed by atoms with Crippen LogP contribution in [0, 0.1) is 5.92 Å². The van der Waals surface area contributed by atoms with Crippen LogP contribution < -0.4 is 10.6 Å². The maximum absolute atomic E-state index is 12.6. The van der Waals surface area contributed by atoms with Crippen molar-refractivity contribution >= 4 is 12.0 Å². The van der Waals surface area contributed by atoms with Crippen LogP contribution in [-0.2, 0) is 4.79 Å². The summed E-state index contributed by atoms with van der Waals surface area (Å²) in [5.41, 5.74) is -2.12. The van der Waals surface area contributed by atoms with E-state index < -0.39 is 29.6 Å². The number of halogens is 3.